The van der Waals surface area contributed by atoms with Crippen LogP contribution in [0.2, 0.25) is 0 Å². The van der Waals surface area contributed by atoms with Gasteiger partial charge in [0.15, 0.2) is 0 Å². The highest BCUT2D eigenvalue weighted by Gasteiger charge is 2.33. The van der Waals surface area contributed by atoms with Gasteiger partial charge >= 0.3 is 6.09 Å². The number of aromatic nitrogens is 2. The van der Waals surface area contributed by atoms with E-state index in [2.05, 4.69) is 23.8 Å². The summed E-state index contributed by atoms with van der Waals surface area (Å²) in [5.41, 5.74) is 3.35. The standard InChI is InChI=1S/C18H30N4O2/c1-12-16(14-6-8-19-10-14)13(2)22(20-12)15-7-9-21(11-15)17(23)24-18(3,4)5/h14-15,19H,6-11H2,1-5H3. The molecule has 2 atom stereocenters. The molecule has 0 saturated carbocycles. The average Bonchev–Trinajstić information content (AvgIpc) is 3.17. The fraction of sp³-hybridized carbons (Fsp3) is 0.778. The maximum Gasteiger partial charge on any atom is 0.410 e. The molecule has 134 valence electrons. The van der Waals surface area contributed by atoms with E-state index in [1.165, 1.54) is 17.7 Å². The number of carbonyl (C=O) groups is 1. The van der Waals surface area contributed by atoms with Gasteiger partial charge in [-0.1, -0.05) is 0 Å². The van der Waals surface area contributed by atoms with Crippen LogP contribution in [-0.2, 0) is 4.74 Å². The summed E-state index contributed by atoms with van der Waals surface area (Å²) in [6.45, 7) is 13.5. The molecular formula is C18H30N4O2. The van der Waals surface area contributed by atoms with Crippen molar-refractivity contribution in [3.8, 4) is 0 Å². The molecule has 2 fully saturated rings. The zero-order valence-corrected chi connectivity index (χ0v) is 15.6. The maximum absolute atomic E-state index is 12.3. The molecule has 2 aliphatic rings. The van der Waals surface area contributed by atoms with E-state index in [9.17, 15) is 4.79 Å². The number of nitrogens with one attached hydrogen (secondary N) is 1. The molecule has 1 aromatic heterocycles. The predicted octanol–water partition coefficient (Wildman–Crippen LogP) is 2.76. The van der Waals surface area contributed by atoms with E-state index in [1.807, 2.05) is 25.7 Å². The molecular weight excluding hydrogens is 304 g/mol. The third-order valence-electron chi connectivity index (χ3n) is 5.01. The Labute approximate surface area is 144 Å². The normalized spacial score (nSPS) is 24.6. The Kier molecular flexibility index (Phi) is 4.60. The van der Waals surface area contributed by atoms with Gasteiger partial charge in [0.1, 0.15) is 5.60 Å². The van der Waals surface area contributed by atoms with Crippen LogP contribution in [0.5, 0.6) is 0 Å². The summed E-state index contributed by atoms with van der Waals surface area (Å²) < 4.78 is 7.64. The van der Waals surface area contributed by atoms with E-state index in [4.69, 9.17) is 9.84 Å². The maximum atomic E-state index is 12.3. The van der Waals surface area contributed by atoms with Gasteiger partial charge in [-0.25, -0.2) is 4.79 Å². The molecule has 2 aliphatic heterocycles. The van der Waals surface area contributed by atoms with E-state index < -0.39 is 5.60 Å². The lowest BCUT2D eigenvalue weighted by molar-refractivity contribution is 0.0288. The predicted molar refractivity (Wildman–Crippen MR) is 93.4 cm³/mol. The van der Waals surface area contributed by atoms with E-state index in [-0.39, 0.29) is 12.1 Å². The lowest BCUT2D eigenvalue weighted by atomic mass is 9.96. The average molecular weight is 334 g/mol. The summed E-state index contributed by atoms with van der Waals surface area (Å²) in [6.07, 6.45) is 1.90. The molecule has 3 rings (SSSR count). The van der Waals surface area contributed by atoms with Crippen LogP contribution in [0.3, 0.4) is 0 Å². The van der Waals surface area contributed by atoms with E-state index >= 15 is 0 Å². The van der Waals surface area contributed by atoms with Gasteiger partial charge in [-0.2, -0.15) is 5.10 Å². The van der Waals surface area contributed by atoms with Gasteiger partial charge in [0.2, 0.25) is 0 Å². The number of ether oxygens (including phenoxy) is 1. The summed E-state index contributed by atoms with van der Waals surface area (Å²) in [7, 11) is 0. The van der Waals surface area contributed by atoms with Crippen LogP contribution in [0, 0.1) is 13.8 Å². The Morgan fingerprint density at radius 1 is 1.29 bits per heavy atom. The highest BCUT2D eigenvalue weighted by Crippen LogP contribution is 2.32. The molecule has 1 amide bonds. The lowest BCUT2D eigenvalue weighted by Gasteiger charge is -2.24. The molecule has 0 spiro atoms. The fourth-order valence-electron chi connectivity index (χ4n) is 3.96. The molecule has 0 radical (unpaired) electrons. The molecule has 2 saturated heterocycles. The molecule has 0 aromatic carbocycles. The van der Waals surface area contributed by atoms with Crippen LogP contribution in [0.4, 0.5) is 4.79 Å². The van der Waals surface area contributed by atoms with Crippen LogP contribution in [0.25, 0.3) is 0 Å². The monoisotopic (exact) mass is 334 g/mol. The van der Waals surface area contributed by atoms with Crippen molar-refractivity contribution in [2.45, 2.75) is 65.0 Å². The minimum atomic E-state index is -0.448. The van der Waals surface area contributed by atoms with Crippen LogP contribution in [0.1, 0.15) is 62.5 Å². The number of hydrogen-bond acceptors (Lipinski definition) is 4. The number of rotatable bonds is 2. The van der Waals surface area contributed by atoms with Crippen molar-refractivity contribution in [3.63, 3.8) is 0 Å². The third kappa shape index (κ3) is 3.43. The summed E-state index contributed by atoms with van der Waals surface area (Å²) in [5.74, 6) is 0.571. The minimum Gasteiger partial charge on any atom is -0.444 e. The first-order valence-corrected chi connectivity index (χ1v) is 9.00. The van der Waals surface area contributed by atoms with E-state index in [0.29, 0.717) is 12.5 Å². The van der Waals surface area contributed by atoms with Crippen LogP contribution in [-0.4, -0.2) is 52.6 Å². The Balaban J connectivity index is 1.72. The molecule has 24 heavy (non-hydrogen) atoms. The zero-order chi connectivity index (χ0) is 17.5. The molecule has 3 heterocycles. The second kappa shape index (κ2) is 6.39. The highest BCUT2D eigenvalue weighted by atomic mass is 16.6. The van der Waals surface area contributed by atoms with Crippen molar-refractivity contribution in [2.75, 3.05) is 26.2 Å². The van der Waals surface area contributed by atoms with E-state index in [1.54, 1.807) is 0 Å². The summed E-state index contributed by atoms with van der Waals surface area (Å²) in [6, 6.07) is 0.249. The van der Waals surface area contributed by atoms with Gasteiger partial charge in [0.05, 0.1) is 11.7 Å². The van der Waals surface area contributed by atoms with Crippen LogP contribution < -0.4 is 5.32 Å². The first-order valence-electron chi connectivity index (χ1n) is 9.00. The van der Waals surface area contributed by atoms with Crippen molar-refractivity contribution in [2.24, 2.45) is 0 Å². The Morgan fingerprint density at radius 3 is 2.67 bits per heavy atom. The number of nitrogens with zero attached hydrogens (tertiary/aromatic N) is 3. The summed E-state index contributed by atoms with van der Waals surface area (Å²) >= 11 is 0. The third-order valence-corrected chi connectivity index (χ3v) is 5.01. The van der Waals surface area contributed by atoms with Crippen molar-refractivity contribution in [1.82, 2.24) is 20.0 Å². The summed E-state index contributed by atoms with van der Waals surface area (Å²) in [4.78, 5) is 14.1. The minimum absolute atomic E-state index is 0.216. The van der Waals surface area contributed by atoms with Gasteiger partial charge in [-0.3, -0.25) is 4.68 Å². The molecule has 0 bridgehead atoms. The highest BCUT2D eigenvalue weighted by molar-refractivity contribution is 5.68. The van der Waals surface area contributed by atoms with Gasteiger partial charge in [-0.05, 0) is 54.0 Å². The number of aryl methyl sites for hydroxylation is 1. The zero-order valence-electron chi connectivity index (χ0n) is 15.6. The van der Waals surface area contributed by atoms with Gasteiger partial charge in [0, 0.05) is 36.8 Å². The van der Waals surface area contributed by atoms with Gasteiger partial charge in [-0.15, -0.1) is 0 Å². The Morgan fingerprint density at radius 2 is 2.04 bits per heavy atom. The molecule has 6 nitrogen and oxygen atoms in total. The fourth-order valence-corrected chi connectivity index (χ4v) is 3.96. The molecule has 1 aromatic rings. The second-order valence-corrected chi connectivity index (χ2v) is 8.09. The summed E-state index contributed by atoms with van der Waals surface area (Å²) in [5, 5.41) is 8.26. The van der Waals surface area contributed by atoms with Gasteiger partial charge < -0.3 is 15.0 Å². The van der Waals surface area contributed by atoms with Crippen LogP contribution in [0.15, 0.2) is 0 Å². The van der Waals surface area contributed by atoms with Crippen molar-refractivity contribution in [1.29, 1.82) is 0 Å². The first kappa shape index (κ1) is 17.3. The molecule has 2 unspecified atom stereocenters. The Hall–Kier alpha value is -1.56. The van der Waals surface area contributed by atoms with Crippen molar-refractivity contribution in [3.05, 3.63) is 17.0 Å². The second-order valence-electron chi connectivity index (χ2n) is 8.09. The van der Waals surface area contributed by atoms with Crippen molar-refractivity contribution < 1.29 is 9.53 Å². The van der Waals surface area contributed by atoms with Crippen molar-refractivity contribution >= 4 is 6.09 Å². The molecule has 6 heteroatoms. The number of hydrogen-bond donors (Lipinski definition) is 1. The van der Waals surface area contributed by atoms with E-state index in [0.717, 1.165) is 31.7 Å². The quantitative estimate of drug-likeness (QED) is 0.903. The smallest absolute Gasteiger partial charge is 0.410 e. The number of amides is 1. The largest absolute Gasteiger partial charge is 0.444 e. The SMILES string of the molecule is Cc1nn(C2CCN(C(=O)OC(C)(C)C)C2)c(C)c1C1CCNC1. The first-order chi connectivity index (χ1) is 11.3. The van der Waals surface area contributed by atoms with Crippen LogP contribution >= 0.6 is 0 Å². The molecule has 0 aliphatic carbocycles. The molecule has 1 N–H and O–H groups in total. The Bertz CT molecular complexity index is 611. The topological polar surface area (TPSA) is 59.4 Å². The number of carbonyl (C=O) groups excluding carboxylic acids is 1. The van der Waals surface area contributed by atoms with Gasteiger partial charge in [0.25, 0.3) is 0 Å². The number of likely N-dealkylation sites (tertiary alicyclic amines) is 1. The lowest BCUT2D eigenvalue weighted by Crippen LogP contribution is -2.35.